The van der Waals surface area contributed by atoms with E-state index in [1.807, 2.05) is 6.07 Å². The lowest BCUT2D eigenvalue weighted by atomic mass is 9.86. The summed E-state index contributed by atoms with van der Waals surface area (Å²) in [7, 11) is 0. The number of hydrogen-bond acceptors (Lipinski definition) is 3. The first kappa shape index (κ1) is 12.7. The van der Waals surface area contributed by atoms with E-state index in [0.29, 0.717) is 6.04 Å². The summed E-state index contributed by atoms with van der Waals surface area (Å²) in [5.74, 6) is 0.888. The van der Waals surface area contributed by atoms with Gasteiger partial charge >= 0.3 is 0 Å². The molecule has 2 fully saturated rings. The molecule has 0 radical (unpaired) electrons. The van der Waals surface area contributed by atoms with Crippen molar-refractivity contribution < 1.29 is 9.84 Å². The summed E-state index contributed by atoms with van der Waals surface area (Å²) in [4.78, 5) is 2.59. The first-order valence-electron chi connectivity index (χ1n) is 7.80. The molecule has 2 aliphatic heterocycles. The van der Waals surface area contributed by atoms with Crippen LogP contribution in [0, 0.1) is 6.92 Å². The highest BCUT2D eigenvalue weighted by Gasteiger charge is 2.51. The minimum atomic E-state index is -0.384. The number of likely N-dealkylation sites (tertiary alicyclic amines) is 1. The maximum Gasteiger partial charge on any atom is 0.126 e. The smallest absolute Gasteiger partial charge is 0.126 e. The van der Waals surface area contributed by atoms with Gasteiger partial charge in [-0.25, -0.2) is 0 Å². The van der Waals surface area contributed by atoms with Crippen molar-refractivity contribution in [3.63, 3.8) is 0 Å². The number of aliphatic hydroxyl groups excluding tert-OH is 1. The molecule has 3 nitrogen and oxygen atoms in total. The van der Waals surface area contributed by atoms with Gasteiger partial charge in [-0.2, -0.15) is 0 Å². The molecule has 1 spiro atoms. The third-order valence-corrected chi connectivity index (χ3v) is 5.14. The summed E-state index contributed by atoms with van der Waals surface area (Å²) in [6.45, 7) is 5.33. The van der Waals surface area contributed by atoms with Gasteiger partial charge in [0.05, 0.1) is 6.10 Å². The zero-order valence-electron chi connectivity index (χ0n) is 12.3. The molecule has 1 aromatic rings. The predicted molar refractivity (Wildman–Crippen MR) is 77.9 cm³/mol. The van der Waals surface area contributed by atoms with Crippen LogP contribution < -0.4 is 4.74 Å². The van der Waals surface area contributed by atoms with E-state index in [0.717, 1.165) is 36.7 Å². The number of fused-ring (bicyclic) bond motifs is 1. The predicted octanol–water partition coefficient (Wildman–Crippen LogP) is 2.81. The molecule has 3 atom stereocenters. The summed E-state index contributed by atoms with van der Waals surface area (Å²) >= 11 is 0. The lowest BCUT2D eigenvalue weighted by Gasteiger charge is -2.38. The number of nitrogens with zero attached hydrogens (tertiary/aromatic N) is 1. The molecule has 1 aromatic carbocycles. The van der Waals surface area contributed by atoms with Gasteiger partial charge in [0.25, 0.3) is 0 Å². The Morgan fingerprint density at radius 1 is 1.30 bits per heavy atom. The van der Waals surface area contributed by atoms with E-state index < -0.39 is 0 Å². The number of ether oxygens (including phenoxy) is 1. The number of aryl methyl sites for hydroxylation is 1. The second-order valence-electron chi connectivity index (χ2n) is 7.00. The van der Waals surface area contributed by atoms with Crippen molar-refractivity contribution in [2.24, 2.45) is 0 Å². The quantitative estimate of drug-likeness (QED) is 0.854. The molecular formula is C17H23NO2. The highest BCUT2D eigenvalue weighted by Crippen LogP contribution is 2.47. The number of benzene rings is 1. The van der Waals surface area contributed by atoms with Gasteiger partial charge in [0.1, 0.15) is 11.4 Å². The van der Waals surface area contributed by atoms with Gasteiger partial charge in [-0.3, -0.25) is 4.90 Å². The maximum absolute atomic E-state index is 10.5. The van der Waals surface area contributed by atoms with Gasteiger partial charge in [-0.05, 0) is 38.8 Å². The van der Waals surface area contributed by atoms with E-state index in [1.165, 1.54) is 18.4 Å². The van der Waals surface area contributed by atoms with Crippen LogP contribution in [-0.4, -0.2) is 34.2 Å². The molecule has 4 rings (SSSR count). The highest BCUT2D eigenvalue weighted by atomic mass is 16.5. The Kier molecular flexibility index (Phi) is 2.67. The second-order valence-corrected chi connectivity index (χ2v) is 7.00. The largest absolute Gasteiger partial charge is 0.485 e. The Morgan fingerprint density at radius 3 is 2.85 bits per heavy atom. The molecule has 2 heterocycles. The average molecular weight is 273 g/mol. The molecular weight excluding hydrogens is 250 g/mol. The summed E-state index contributed by atoms with van der Waals surface area (Å²) in [6.07, 6.45) is 4.05. The average Bonchev–Trinajstić information content (AvgIpc) is 3.17. The highest BCUT2D eigenvalue weighted by molar-refractivity contribution is 5.41. The van der Waals surface area contributed by atoms with Crippen molar-refractivity contribution in [2.75, 3.05) is 6.54 Å². The van der Waals surface area contributed by atoms with Crippen molar-refractivity contribution in [2.45, 2.75) is 63.3 Å². The number of rotatable bonds is 1. The molecule has 1 saturated heterocycles. The summed E-state index contributed by atoms with van der Waals surface area (Å²) in [5, 5.41) is 10.5. The van der Waals surface area contributed by atoms with E-state index >= 15 is 0 Å². The Hall–Kier alpha value is -1.06. The molecule has 3 heteroatoms. The Balaban J connectivity index is 1.64. The SMILES string of the molecule is Cc1ccc2c(c1)[C@H](O)CC1(CC(C)N(C3CC3)C1)O2. The topological polar surface area (TPSA) is 32.7 Å². The second kappa shape index (κ2) is 4.22. The maximum atomic E-state index is 10.5. The van der Waals surface area contributed by atoms with Gasteiger partial charge in [-0.15, -0.1) is 0 Å². The standard InChI is InChI=1S/C17H23NO2/c1-11-3-6-16-14(7-11)15(19)9-17(20-16)8-12(2)18(10-17)13-4-5-13/h3,6-7,12-13,15,19H,4-5,8-10H2,1-2H3/t12?,15-,17?/m1/s1. The lowest BCUT2D eigenvalue weighted by molar-refractivity contribution is -0.00778. The van der Waals surface area contributed by atoms with Crippen LogP contribution in [0.3, 0.4) is 0 Å². The van der Waals surface area contributed by atoms with E-state index in [4.69, 9.17) is 4.74 Å². The minimum Gasteiger partial charge on any atom is -0.485 e. The van der Waals surface area contributed by atoms with Gasteiger partial charge in [0, 0.05) is 37.0 Å². The van der Waals surface area contributed by atoms with Gasteiger partial charge in [-0.1, -0.05) is 11.6 Å². The molecule has 3 aliphatic rings. The fraction of sp³-hybridized carbons (Fsp3) is 0.647. The lowest BCUT2D eigenvalue weighted by Crippen LogP contribution is -2.44. The molecule has 1 N–H and O–H groups in total. The molecule has 0 aromatic heterocycles. The van der Waals surface area contributed by atoms with Crippen molar-refractivity contribution in [3.8, 4) is 5.75 Å². The van der Waals surface area contributed by atoms with Crippen LogP contribution in [0.15, 0.2) is 18.2 Å². The van der Waals surface area contributed by atoms with Crippen LogP contribution in [-0.2, 0) is 0 Å². The van der Waals surface area contributed by atoms with Crippen LogP contribution in [0.5, 0.6) is 5.75 Å². The summed E-state index contributed by atoms with van der Waals surface area (Å²) in [5.41, 5.74) is 1.97. The van der Waals surface area contributed by atoms with Gasteiger partial charge in [0.15, 0.2) is 0 Å². The van der Waals surface area contributed by atoms with Gasteiger partial charge < -0.3 is 9.84 Å². The van der Waals surface area contributed by atoms with Crippen molar-refractivity contribution in [1.29, 1.82) is 0 Å². The first-order chi connectivity index (χ1) is 9.56. The Bertz CT molecular complexity index is 540. The van der Waals surface area contributed by atoms with E-state index in [9.17, 15) is 5.11 Å². The van der Waals surface area contributed by atoms with Crippen LogP contribution in [0.2, 0.25) is 0 Å². The third kappa shape index (κ3) is 1.95. The van der Waals surface area contributed by atoms with Crippen LogP contribution >= 0.6 is 0 Å². The zero-order valence-corrected chi connectivity index (χ0v) is 12.3. The third-order valence-electron chi connectivity index (χ3n) is 5.14. The van der Waals surface area contributed by atoms with Crippen molar-refractivity contribution >= 4 is 0 Å². The van der Waals surface area contributed by atoms with Crippen molar-refractivity contribution in [3.05, 3.63) is 29.3 Å². The molecule has 0 bridgehead atoms. The fourth-order valence-electron chi connectivity index (χ4n) is 4.08. The summed E-state index contributed by atoms with van der Waals surface area (Å²) < 4.78 is 6.38. The van der Waals surface area contributed by atoms with Crippen LogP contribution in [0.4, 0.5) is 0 Å². The van der Waals surface area contributed by atoms with E-state index in [2.05, 4.69) is 30.9 Å². The van der Waals surface area contributed by atoms with Crippen LogP contribution in [0.1, 0.15) is 49.8 Å². The molecule has 1 saturated carbocycles. The minimum absolute atomic E-state index is 0.177. The molecule has 108 valence electrons. The van der Waals surface area contributed by atoms with Gasteiger partial charge in [0.2, 0.25) is 0 Å². The monoisotopic (exact) mass is 273 g/mol. The van der Waals surface area contributed by atoms with E-state index in [-0.39, 0.29) is 11.7 Å². The molecule has 0 amide bonds. The van der Waals surface area contributed by atoms with Crippen LogP contribution in [0.25, 0.3) is 0 Å². The Labute approximate surface area is 120 Å². The van der Waals surface area contributed by atoms with E-state index in [1.54, 1.807) is 0 Å². The number of hydrogen-bond donors (Lipinski definition) is 1. The Morgan fingerprint density at radius 2 is 2.10 bits per heavy atom. The molecule has 2 unspecified atom stereocenters. The molecule has 1 aliphatic carbocycles. The number of aliphatic hydroxyl groups is 1. The zero-order chi connectivity index (χ0) is 13.9. The molecule has 20 heavy (non-hydrogen) atoms. The fourth-order valence-corrected chi connectivity index (χ4v) is 4.08. The normalized spacial score (nSPS) is 37.0. The summed E-state index contributed by atoms with van der Waals surface area (Å²) in [6, 6.07) is 7.50. The van der Waals surface area contributed by atoms with Crippen molar-refractivity contribution in [1.82, 2.24) is 4.90 Å². The first-order valence-corrected chi connectivity index (χ1v) is 7.80.